The lowest BCUT2D eigenvalue weighted by molar-refractivity contribution is -0.133. The van der Waals surface area contributed by atoms with Crippen molar-refractivity contribution in [3.05, 3.63) is 24.3 Å². The number of nitrogens with zero attached hydrogens (tertiary/aromatic N) is 1. The first-order chi connectivity index (χ1) is 12.8. The highest BCUT2D eigenvalue weighted by Gasteiger charge is 2.25. The average Bonchev–Trinajstić information content (AvgIpc) is 2.64. The van der Waals surface area contributed by atoms with Crippen molar-refractivity contribution < 1.29 is 22.7 Å². The van der Waals surface area contributed by atoms with Crippen molar-refractivity contribution in [1.82, 2.24) is 4.90 Å². The van der Waals surface area contributed by atoms with E-state index in [1.54, 1.807) is 17.0 Å². The Morgan fingerprint density at radius 1 is 1.26 bits per heavy atom. The van der Waals surface area contributed by atoms with Crippen molar-refractivity contribution >= 4 is 15.7 Å². The van der Waals surface area contributed by atoms with Gasteiger partial charge in [-0.25, -0.2) is 8.42 Å². The van der Waals surface area contributed by atoms with Crippen LogP contribution in [-0.2, 0) is 19.4 Å². The molecule has 0 N–H and O–H groups in total. The summed E-state index contributed by atoms with van der Waals surface area (Å²) in [5.74, 6) is 0.698. The molecule has 7 heteroatoms. The van der Waals surface area contributed by atoms with Crippen LogP contribution in [-0.4, -0.2) is 57.4 Å². The van der Waals surface area contributed by atoms with Gasteiger partial charge in [0.2, 0.25) is 5.91 Å². The Labute approximate surface area is 162 Å². The fourth-order valence-electron chi connectivity index (χ4n) is 3.21. The molecule has 0 bridgehead atoms. The molecule has 1 aromatic rings. The summed E-state index contributed by atoms with van der Waals surface area (Å²) >= 11 is 0. The zero-order valence-corrected chi connectivity index (χ0v) is 17.3. The third-order valence-electron chi connectivity index (χ3n) is 4.57. The molecule has 6 nitrogen and oxygen atoms in total. The van der Waals surface area contributed by atoms with Crippen LogP contribution in [0.25, 0.3) is 0 Å². The van der Waals surface area contributed by atoms with Crippen molar-refractivity contribution in [3.63, 3.8) is 0 Å². The molecule has 0 saturated carbocycles. The summed E-state index contributed by atoms with van der Waals surface area (Å²) in [6.45, 7) is 8.46. The van der Waals surface area contributed by atoms with Crippen LogP contribution >= 0.6 is 0 Å². The first-order valence-electron chi connectivity index (χ1n) is 9.66. The van der Waals surface area contributed by atoms with Gasteiger partial charge in [0.15, 0.2) is 9.84 Å². The van der Waals surface area contributed by atoms with Crippen LogP contribution in [0.4, 0.5) is 0 Å². The number of likely N-dealkylation sites (tertiary alicyclic amines) is 1. The second-order valence-electron chi connectivity index (χ2n) is 7.21. The average molecular weight is 398 g/mol. The minimum absolute atomic E-state index is 0.00787. The molecule has 1 fully saturated rings. The predicted molar refractivity (Wildman–Crippen MR) is 105 cm³/mol. The molecule has 1 heterocycles. The molecule has 0 radical (unpaired) electrons. The van der Waals surface area contributed by atoms with E-state index < -0.39 is 9.84 Å². The van der Waals surface area contributed by atoms with E-state index in [-0.39, 0.29) is 29.1 Å². The minimum atomic E-state index is -3.49. The summed E-state index contributed by atoms with van der Waals surface area (Å²) in [7, 11) is -3.49. The Balaban J connectivity index is 1.89. The van der Waals surface area contributed by atoms with Crippen molar-refractivity contribution in [2.45, 2.75) is 51.0 Å². The van der Waals surface area contributed by atoms with E-state index in [0.717, 1.165) is 12.8 Å². The van der Waals surface area contributed by atoms with Gasteiger partial charge < -0.3 is 14.4 Å². The van der Waals surface area contributed by atoms with E-state index in [2.05, 4.69) is 0 Å². The highest BCUT2D eigenvalue weighted by atomic mass is 32.2. The lowest BCUT2D eigenvalue weighted by atomic mass is 9.99. The van der Waals surface area contributed by atoms with E-state index in [1.165, 1.54) is 12.1 Å². The molecular formula is C20H31NO5S. The second-order valence-corrected chi connectivity index (χ2v) is 9.32. The quantitative estimate of drug-likeness (QED) is 0.641. The maximum absolute atomic E-state index is 12.5. The van der Waals surface area contributed by atoms with Gasteiger partial charge in [0.25, 0.3) is 0 Å². The molecule has 0 aliphatic carbocycles. The number of piperidine rings is 1. The summed E-state index contributed by atoms with van der Waals surface area (Å²) < 4.78 is 36.0. The molecule has 1 saturated heterocycles. The highest BCUT2D eigenvalue weighted by Crippen LogP contribution is 2.20. The number of sulfone groups is 1. The summed E-state index contributed by atoms with van der Waals surface area (Å²) in [6.07, 6.45) is 2.02. The van der Waals surface area contributed by atoms with E-state index in [4.69, 9.17) is 9.47 Å². The molecule has 2 rings (SSSR count). The summed E-state index contributed by atoms with van der Waals surface area (Å²) in [5, 5.41) is 0. The fraction of sp³-hybridized carbons (Fsp3) is 0.650. The number of ether oxygens (including phenoxy) is 2. The molecular weight excluding hydrogens is 366 g/mol. The van der Waals surface area contributed by atoms with Crippen molar-refractivity contribution in [2.24, 2.45) is 5.92 Å². The van der Waals surface area contributed by atoms with Crippen LogP contribution in [0, 0.1) is 5.92 Å². The van der Waals surface area contributed by atoms with E-state index in [1.807, 2.05) is 20.8 Å². The molecule has 1 aromatic carbocycles. The van der Waals surface area contributed by atoms with Crippen molar-refractivity contribution in [3.8, 4) is 5.75 Å². The van der Waals surface area contributed by atoms with Crippen LogP contribution in [0.3, 0.4) is 0 Å². The number of hydrogen-bond acceptors (Lipinski definition) is 5. The third-order valence-corrected chi connectivity index (χ3v) is 6.30. The third kappa shape index (κ3) is 6.81. The summed E-state index contributed by atoms with van der Waals surface area (Å²) in [5.41, 5.74) is 0. The Morgan fingerprint density at radius 2 is 1.96 bits per heavy atom. The molecule has 0 aromatic heterocycles. The first kappa shape index (κ1) is 21.7. The van der Waals surface area contributed by atoms with E-state index in [0.29, 0.717) is 38.0 Å². The van der Waals surface area contributed by atoms with Gasteiger partial charge in [-0.15, -0.1) is 0 Å². The molecule has 1 atom stereocenters. The minimum Gasteiger partial charge on any atom is -0.491 e. The summed E-state index contributed by atoms with van der Waals surface area (Å²) in [4.78, 5) is 14.5. The zero-order valence-electron chi connectivity index (χ0n) is 16.5. The van der Waals surface area contributed by atoms with Gasteiger partial charge >= 0.3 is 0 Å². The lowest BCUT2D eigenvalue weighted by Gasteiger charge is -2.32. The molecule has 1 unspecified atom stereocenters. The topological polar surface area (TPSA) is 72.9 Å². The molecule has 152 valence electrons. The van der Waals surface area contributed by atoms with Crippen molar-refractivity contribution in [2.75, 3.05) is 32.1 Å². The van der Waals surface area contributed by atoms with Gasteiger partial charge in [-0.05, 0) is 63.8 Å². The lowest BCUT2D eigenvalue weighted by Crippen LogP contribution is -2.41. The maximum Gasteiger partial charge on any atom is 0.223 e. The first-order valence-corrected chi connectivity index (χ1v) is 11.3. The maximum atomic E-state index is 12.5. The predicted octanol–water partition coefficient (Wildman–Crippen LogP) is 2.91. The van der Waals surface area contributed by atoms with E-state index in [9.17, 15) is 13.2 Å². The molecule has 1 aliphatic rings. The smallest absolute Gasteiger partial charge is 0.223 e. The van der Waals surface area contributed by atoms with Gasteiger partial charge in [-0.2, -0.15) is 0 Å². The van der Waals surface area contributed by atoms with Crippen LogP contribution < -0.4 is 4.74 Å². The standard InChI is InChI=1S/C20H31NO5S/c1-4-25-15-17-6-5-12-21(14-17)20(22)11-13-27(23,24)19-9-7-18(8-10-19)26-16(2)3/h7-10,16-17H,4-6,11-15H2,1-3H3. The van der Waals surface area contributed by atoms with Crippen LogP contribution in [0.5, 0.6) is 5.75 Å². The van der Waals surface area contributed by atoms with E-state index >= 15 is 0 Å². The number of hydrogen-bond donors (Lipinski definition) is 0. The number of benzene rings is 1. The SMILES string of the molecule is CCOCC1CCCN(C(=O)CCS(=O)(=O)c2ccc(OC(C)C)cc2)C1. The molecule has 0 spiro atoms. The Kier molecular flexibility index (Phi) is 8.10. The molecule has 27 heavy (non-hydrogen) atoms. The summed E-state index contributed by atoms with van der Waals surface area (Å²) in [6, 6.07) is 6.38. The number of carbonyl (C=O) groups is 1. The monoisotopic (exact) mass is 397 g/mol. The normalized spacial score (nSPS) is 17.9. The second kappa shape index (κ2) is 10.1. The van der Waals surface area contributed by atoms with Gasteiger partial charge in [-0.1, -0.05) is 0 Å². The number of rotatable bonds is 9. The molecule has 1 amide bonds. The Morgan fingerprint density at radius 3 is 2.59 bits per heavy atom. The van der Waals surface area contributed by atoms with Crippen LogP contribution in [0.1, 0.15) is 40.0 Å². The Hall–Kier alpha value is -1.60. The fourth-order valence-corrected chi connectivity index (χ4v) is 4.44. The zero-order chi connectivity index (χ0) is 19.9. The highest BCUT2D eigenvalue weighted by molar-refractivity contribution is 7.91. The van der Waals surface area contributed by atoms with Crippen molar-refractivity contribution in [1.29, 1.82) is 0 Å². The number of amides is 1. The van der Waals surface area contributed by atoms with Gasteiger partial charge in [0, 0.05) is 26.1 Å². The molecule has 1 aliphatic heterocycles. The van der Waals surface area contributed by atoms with Gasteiger partial charge in [0.1, 0.15) is 5.75 Å². The number of carbonyl (C=O) groups excluding carboxylic acids is 1. The van der Waals surface area contributed by atoms with Crippen LogP contribution in [0.2, 0.25) is 0 Å². The largest absolute Gasteiger partial charge is 0.491 e. The Bertz CT molecular complexity index is 700. The van der Waals surface area contributed by atoms with Gasteiger partial charge in [-0.3, -0.25) is 4.79 Å². The van der Waals surface area contributed by atoms with Gasteiger partial charge in [0.05, 0.1) is 23.4 Å². The van der Waals surface area contributed by atoms with Crippen LogP contribution in [0.15, 0.2) is 29.2 Å².